The van der Waals surface area contributed by atoms with Crippen molar-refractivity contribution in [2.75, 3.05) is 33.2 Å². The summed E-state index contributed by atoms with van der Waals surface area (Å²) in [5.41, 5.74) is 1.34. The van der Waals surface area contributed by atoms with Crippen LogP contribution in [0.5, 0.6) is 0 Å². The van der Waals surface area contributed by atoms with Crippen LogP contribution in [0.2, 0.25) is 0 Å². The molecule has 1 aliphatic carbocycles. The number of hydrogen-bond acceptors (Lipinski definition) is 3. The minimum Gasteiger partial charge on any atom is -0.340 e. The number of benzene rings is 2. The number of carbonyl (C=O) groups is 1. The molecule has 26 heavy (non-hydrogen) atoms. The predicted octanol–water partition coefficient (Wildman–Crippen LogP) is 3.04. The second-order valence-corrected chi connectivity index (χ2v) is 7.95. The Kier molecular flexibility index (Phi) is 4.96. The van der Waals surface area contributed by atoms with E-state index in [1.807, 2.05) is 0 Å². The molecule has 1 atom stereocenters. The fraction of sp³-hybridized carbons (Fsp3) is 0.500. The SMILES string of the molecule is C[C@@H](NC1CC(C(=O)N2CCN(C)CC2)C1)c1cccc2ccccc12. The maximum Gasteiger partial charge on any atom is 0.225 e. The zero-order valence-electron chi connectivity index (χ0n) is 15.8. The van der Waals surface area contributed by atoms with Gasteiger partial charge >= 0.3 is 0 Å². The topological polar surface area (TPSA) is 35.6 Å². The number of piperazine rings is 1. The molecule has 1 saturated heterocycles. The summed E-state index contributed by atoms with van der Waals surface area (Å²) in [6.45, 7) is 6.00. The van der Waals surface area contributed by atoms with E-state index in [0.29, 0.717) is 18.0 Å². The fourth-order valence-electron chi connectivity index (χ4n) is 4.31. The lowest BCUT2D eigenvalue weighted by atomic mass is 9.78. The van der Waals surface area contributed by atoms with Crippen molar-refractivity contribution in [3.63, 3.8) is 0 Å². The van der Waals surface area contributed by atoms with E-state index in [9.17, 15) is 4.79 Å². The summed E-state index contributed by atoms with van der Waals surface area (Å²) in [4.78, 5) is 17.0. The number of likely N-dealkylation sites (N-methyl/N-ethyl adjacent to an activating group) is 1. The van der Waals surface area contributed by atoms with Gasteiger partial charge in [-0.25, -0.2) is 0 Å². The van der Waals surface area contributed by atoms with Crippen molar-refractivity contribution in [1.29, 1.82) is 0 Å². The summed E-state index contributed by atoms with van der Waals surface area (Å²) in [6.07, 6.45) is 1.94. The molecule has 2 aliphatic rings. The summed E-state index contributed by atoms with van der Waals surface area (Å²) < 4.78 is 0. The van der Waals surface area contributed by atoms with E-state index in [1.165, 1.54) is 16.3 Å². The fourth-order valence-corrected chi connectivity index (χ4v) is 4.31. The summed E-state index contributed by atoms with van der Waals surface area (Å²) >= 11 is 0. The van der Waals surface area contributed by atoms with E-state index in [1.54, 1.807) is 0 Å². The Labute approximate surface area is 156 Å². The standard InChI is InChI=1S/C22H29N3O/c1-16(20-9-5-7-17-6-3-4-8-21(17)20)23-19-14-18(15-19)22(26)25-12-10-24(2)11-13-25/h3-9,16,18-19,23H,10-15H2,1-2H3/t16-,18?,19?/m1/s1. The first-order chi connectivity index (χ1) is 12.6. The maximum absolute atomic E-state index is 12.6. The molecule has 0 radical (unpaired) electrons. The Morgan fingerprint density at radius 3 is 2.50 bits per heavy atom. The number of rotatable bonds is 4. The predicted molar refractivity (Wildman–Crippen MR) is 106 cm³/mol. The van der Waals surface area contributed by atoms with Crippen LogP contribution in [-0.2, 0) is 4.79 Å². The first-order valence-corrected chi connectivity index (χ1v) is 9.83. The normalized spacial score (nSPS) is 25.1. The van der Waals surface area contributed by atoms with Crippen molar-refractivity contribution in [1.82, 2.24) is 15.1 Å². The average Bonchev–Trinajstić information content (AvgIpc) is 2.63. The van der Waals surface area contributed by atoms with E-state index in [0.717, 1.165) is 39.0 Å². The Balaban J connectivity index is 1.33. The van der Waals surface area contributed by atoms with Gasteiger partial charge in [0.15, 0.2) is 0 Å². The first kappa shape index (κ1) is 17.5. The summed E-state index contributed by atoms with van der Waals surface area (Å²) in [5.74, 6) is 0.588. The van der Waals surface area contributed by atoms with Gasteiger partial charge in [-0.3, -0.25) is 4.79 Å². The average molecular weight is 351 g/mol. The lowest BCUT2D eigenvalue weighted by Crippen LogP contribution is -2.53. The Bertz CT molecular complexity index is 771. The number of nitrogens with one attached hydrogen (secondary N) is 1. The van der Waals surface area contributed by atoms with Crippen LogP contribution >= 0.6 is 0 Å². The Morgan fingerprint density at radius 2 is 1.73 bits per heavy atom. The molecule has 2 aromatic carbocycles. The monoisotopic (exact) mass is 351 g/mol. The van der Waals surface area contributed by atoms with E-state index in [4.69, 9.17) is 0 Å². The molecule has 1 aliphatic heterocycles. The van der Waals surface area contributed by atoms with Gasteiger partial charge in [0.05, 0.1) is 0 Å². The molecule has 2 fully saturated rings. The molecule has 0 unspecified atom stereocenters. The molecule has 0 spiro atoms. The molecule has 1 saturated carbocycles. The minimum absolute atomic E-state index is 0.218. The third-order valence-electron chi connectivity index (χ3n) is 6.08. The van der Waals surface area contributed by atoms with Crippen molar-refractivity contribution in [2.24, 2.45) is 5.92 Å². The van der Waals surface area contributed by atoms with Crippen LogP contribution in [0.25, 0.3) is 10.8 Å². The van der Waals surface area contributed by atoms with Crippen LogP contribution in [0.3, 0.4) is 0 Å². The van der Waals surface area contributed by atoms with Gasteiger partial charge in [0, 0.05) is 44.2 Å². The van der Waals surface area contributed by atoms with Crippen LogP contribution in [0, 0.1) is 5.92 Å². The summed E-state index contributed by atoms with van der Waals surface area (Å²) in [7, 11) is 2.12. The highest BCUT2D eigenvalue weighted by atomic mass is 16.2. The van der Waals surface area contributed by atoms with Gasteiger partial charge in [0.25, 0.3) is 0 Å². The van der Waals surface area contributed by atoms with Crippen LogP contribution in [-0.4, -0.2) is 55.0 Å². The van der Waals surface area contributed by atoms with E-state index < -0.39 is 0 Å². The zero-order valence-corrected chi connectivity index (χ0v) is 15.8. The van der Waals surface area contributed by atoms with Crippen molar-refractivity contribution in [3.05, 3.63) is 48.0 Å². The van der Waals surface area contributed by atoms with Crippen LogP contribution < -0.4 is 5.32 Å². The minimum atomic E-state index is 0.218. The number of nitrogens with zero attached hydrogens (tertiary/aromatic N) is 2. The second kappa shape index (κ2) is 7.37. The number of fused-ring (bicyclic) bond motifs is 1. The quantitative estimate of drug-likeness (QED) is 0.920. The van der Waals surface area contributed by atoms with Gasteiger partial charge in [-0.05, 0) is 43.1 Å². The van der Waals surface area contributed by atoms with Gasteiger partial charge in [-0.1, -0.05) is 42.5 Å². The molecule has 1 N–H and O–H groups in total. The number of carbonyl (C=O) groups excluding carboxylic acids is 1. The van der Waals surface area contributed by atoms with Crippen LogP contribution in [0.4, 0.5) is 0 Å². The molecule has 1 heterocycles. The molecule has 4 rings (SSSR count). The molecule has 4 nitrogen and oxygen atoms in total. The first-order valence-electron chi connectivity index (χ1n) is 9.83. The van der Waals surface area contributed by atoms with Crippen LogP contribution in [0.1, 0.15) is 31.4 Å². The van der Waals surface area contributed by atoms with E-state index in [-0.39, 0.29) is 5.92 Å². The number of amides is 1. The largest absolute Gasteiger partial charge is 0.340 e. The molecule has 138 valence electrons. The highest BCUT2D eigenvalue weighted by Crippen LogP contribution is 2.32. The van der Waals surface area contributed by atoms with Gasteiger partial charge in [0.2, 0.25) is 5.91 Å². The third kappa shape index (κ3) is 3.49. The van der Waals surface area contributed by atoms with Gasteiger partial charge in [0.1, 0.15) is 0 Å². The Morgan fingerprint density at radius 1 is 1.04 bits per heavy atom. The van der Waals surface area contributed by atoms with Crippen LogP contribution in [0.15, 0.2) is 42.5 Å². The third-order valence-corrected chi connectivity index (χ3v) is 6.08. The maximum atomic E-state index is 12.6. The smallest absolute Gasteiger partial charge is 0.225 e. The lowest BCUT2D eigenvalue weighted by molar-refractivity contribution is -0.140. The summed E-state index contributed by atoms with van der Waals surface area (Å²) in [6, 6.07) is 15.8. The molecule has 0 aromatic heterocycles. The van der Waals surface area contributed by atoms with Gasteiger partial charge in [-0.15, -0.1) is 0 Å². The molecular weight excluding hydrogens is 322 g/mol. The molecular formula is C22H29N3O. The summed E-state index contributed by atoms with van der Waals surface area (Å²) in [5, 5.41) is 6.35. The van der Waals surface area contributed by atoms with Crippen molar-refractivity contribution in [2.45, 2.75) is 31.8 Å². The molecule has 4 heteroatoms. The molecule has 2 aromatic rings. The van der Waals surface area contributed by atoms with Gasteiger partial charge in [-0.2, -0.15) is 0 Å². The molecule has 1 amide bonds. The second-order valence-electron chi connectivity index (χ2n) is 7.95. The van der Waals surface area contributed by atoms with E-state index >= 15 is 0 Å². The van der Waals surface area contributed by atoms with Crippen molar-refractivity contribution >= 4 is 16.7 Å². The molecule has 0 bridgehead atoms. The highest BCUT2D eigenvalue weighted by Gasteiger charge is 2.37. The highest BCUT2D eigenvalue weighted by molar-refractivity contribution is 5.86. The Hall–Kier alpha value is -1.91. The van der Waals surface area contributed by atoms with Gasteiger partial charge < -0.3 is 15.1 Å². The van der Waals surface area contributed by atoms with Crippen molar-refractivity contribution in [3.8, 4) is 0 Å². The zero-order chi connectivity index (χ0) is 18.1. The van der Waals surface area contributed by atoms with E-state index in [2.05, 4.69) is 71.6 Å². The van der Waals surface area contributed by atoms with Crippen molar-refractivity contribution < 1.29 is 4.79 Å². The number of hydrogen-bond donors (Lipinski definition) is 1. The lowest BCUT2D eigenvalue weighted by Gasteiger charge is -2.41.